The Morgan fingerprint density at radius 2 is 2.00 bits per heavy atom. The largest absolute Gasteiger partial charge is 0.382 e. The van der Waals surface area contributed by atoms with Crippen LogP contribution in [0.5, 0.6) is 0 Å². The molecule has 4 rings (SSSR count). The fraction of sp³-hybridized carbons (Fsp3) is 0.480. The first-order valence-corrected chi connectivity index (χ1v) is 10.7. The standard InChI is InChI=1S/C25H33N3/c1-6-17-15-25(3,4)22-20-14-18(16(2)27-19-10-8-7-9-11-19)12-13-21(20)28-24(22)23(17)26-5/h6,12-14,19,27-28H,2,7-11,15H2,1,3-5H3/b17-6-,26-23+. The van der Waals surface area contributed by atoms with Crippen LogP contribution in [-0.4, -0.2) is 23.8 Å². The molecule has 0 unspecified atom stereocenters. The Morgan fingerprint density at radius 3 is 2.68 bits per heavy atom. The molecule has 0 bridgehead atoms. The van der Waals surface area contributed by atoms with E-state index < -0.39 is 0 Å². The van der Waals surface area contributed by atoms with Crippen LogP contribution in [0, 0.1) is 0 Å². The molecule has 0 spiro atoms. The summed E-state index contributed by atoms with van der Waals surface area (Å²) < 4.78 is 0. The van der Waals surface area contributed by atoms with Crippen molar-refractivity contribution in [2.45, 2.75) is 70.8 Å². The van der Waals surface area contributed by atoms with Crippen molar-refractivity contribution < 1.29 is 0 Å². The van der Waals surface area contributed by atoms with Crippen molar-refractivity contribution in [2.24, 2.45) is 4.99 Å². The molecule has 28 heavy (non-hydrogen) atoms. The van der Waals surface area contributed by atoms with E-state index in [1.54, 1.807) is 0 Å². The normalized spacial score (nSPS) is 22.6. The third kappa shape index (κ3) is 3.21. The maximum atomic E-state index is 4.62. The van der Waals surface area contributed by atoms with Gasteiger partial charge < -0.3 is 10.3 Å². The van der Waals surface area contributed by atoms with Crippen molar-refractivity contribution >= 4 is 22.3 Å². The molecule has 2 N–H and O–H groups in total. The van der Waals surface area contributed by atoms with Gasteiger partial charge in [0.15, 0.2) is 0 Å². The molecule has 0 radical (unpaired) electrons. The van der Waals surface area contributed by atoms with Gasteiger partial charge in [-0.3, -0.25) is 4.99 Å². The lowest BCUT2D eigenvalue weighted by molar-refractivity contribution is 0.409. The zero-order valence-electron chi connectivity index (χ0n) is 17.8. The highest BCUT2D eigenvalue weighted by atomic mass is 14.9. The van der Waals surface area contributed by atoms with E-state index >= 15 is 0 Å². The van der Waals surface area contributed by atoms with E-state index in [0.29, 0.717) is 6.04 Å². The molecular weight excluding hydrogens is 342 g/mol. The summed E-state index contributed by atoms with van der Waals surface area (Å²) in [6.07, 6.45) is 9.77. The van der Waals surface area contributed by atoms with E-state index in [1.807, 2.05) is 7.05 Å². The number of aromatic nitrogens is 1. The van der Waals surface area contributed by atoms with Crippen molar-refractivity contribution in [1.29, 1.82) is 0 Å². The number of aromatic amines is 1. The fourth-order valence-corrected chi connectivity index (χ4v) is 5.14. The molecule has 2 aliphatic carbocycles. The lowest BCUT2D eigenvalue weighted by atomic mass is 9.71. The van der Waals surface area contributed by atoms with Gasteiger partial charge in [-0.15, -0.1) is 0 Å². The molecule has 0 aliphatic heterocycles. The van der Waals surface area contributed by atoms with Gasteiger partial charge in [0.25, 0.3) is 0 Å². The van der Waals surface area contributed by atoms with Gasteiger partial charge in [-0.1, -0.05) is 51.8 Å². The van der Waals surface area contributed by atoms with Gasteiger partial charge in [0, 0.05) is 29.7 Å². The molecule has 1 aromatic carbocycles. The number of H-pyrrole nitrogens is 1. The average Bonchev–Trinajstić information content (AvgIpc) is 3.08. The van der Waals surface area contributed by atoms with Crippen LogP contribution in [0.3, 0.4) is 0 Å². The van der Waals surface area contributed by atoms with Gasteiger partial charge in [-0.2, -0.15) is 0 Å². The Hall–Kier alpha value is -2.29. The second-order valence-corrected chi connectivity index (χ2v) is 9.04. The van der Waals surface area contributed by atoms with Crippen molar-refractivity contribution in [2.75, 3.05) is 7.05 Å². The molecule has 2 aromatic rings. The Kier molecular flexibility index (Phi) is 4.95. The van der Waals surface area contributed by atoms with E-state index in [9.17, 15) is 0 Å². The molecular formula is C25H33N3. The number of nitrogens with zero attached hydrogens (tertiary/aromatic N) is 1. The van der Waals surface area contributed by atoms with E-state index in [2.05, 4.69) is 66.9 Å². The Balaban J connectivity index is 1.76. The predicted octanol–water partition coefficient (Wildman–Crippen LogP) is 6.11. The maximum Gasteiger partial charge on any atom is 0.0837 e. The highest BCUT2D eigenvalue weighted by Crippen LogP contribution is 2.43. The number of aliphatic imine (C=N–C) groups is 1. The monoisotopic (exact) mass is 375 g/mol. The van der Waals surface area contributed by atoms with Crippen LogP contribution in [0.2, 0.25) is 0 Å². The molecule has 1 fully saturated rings. The summed E-state index contributed by atoms with van der Waals surface area (Å²) in [6.45, 7) is 11.2. The molecule has 3 heteroatoms. The van der Waals surface area contributed by atoms with Crippen LogP contribution < -0.4 is 5.32 Å². The van der Waals surface area contributed by atoms with Gasteiger partial charge in [0.1, 0.15) is 0 Å². The Morgan fingerprint density at radius 1 is 1.25 bits per heavy atom. The van der Waals surface area contributed by atoms with Crippen LogP contribution in [0.25, 0.3) is 16.6 Å². The van der Waals surface area contributed by atoms with Crippen molar-refractivity contribution in [3.63, 3.8) is 0 Å². The minimum Gasteiger partial charge on any atom is -0.382 e. The highest BCUT2D eigenvalue weighted by molar-refractivity contribution is 6.17. The molecule has 0 amide bonds. The SMILES string of the molecule is C=C(NC1CCCCC1)c1ccc2[nH]c3c(c2c1)C(C)(C)CC(=C/C)/C3=N\C. The summed E-state index contributed by atoms with van der Waals surface area (Å²) in [7, 11) is 1.90. The van der Waals surface area contributed by atoms with Gasteiger partial charge >= 0.3 is 0 Å². The molecule has 0 saturated heterocycles. The highest BCUT2D eigenvalue weighted by Gasteiger charge is 2.36. The molecule has 1 aromatic heterocycles. The lowest BCUT2D eigenvalue weighted by Crippen LogP contribution is -2.29. The second kappa shape index (κ2) is 7.27. The number of benzene rings is 1. The Bertz CT molecular complexity index is 965. The smallest absolute Gasteiger partial charge is 0.0837 e. The first kappa shape index (κ1) is 19.0. The minimum absolute atomic E-state index is 0.0698. The number of allylic oxidation sites excluding steroid dienone is 2. The minimum atomic E-state index is 0.0698. The first-order chi connectivity index (χ1) is 13.4. The number of nitrogens with one attached hydrogen (secondary N) is 2. The molecule has 3 nitrogen and oxygen atoms in total. The summed E-state index contributed by atoms with van der Waals surface area (Å²) >= 11 is 0. The Labute approximate surface area is 169 Å². The molecule has 0 atom stereocenters. The van der Waals surface area contributed by atoms with E-state index in [0.717, 1.165) is 17.8 Å². The van der Waals surface area contributed by atoms with Crippen molar-refractivity contribution in [3.8, 4) is 0 Å². The van der Waals surface area contributed by atoms with Crippen LogP contribution in [0.1, 0.15) is 76.1 Å². The topological polar surface area (TPSA) is 40.2 Å². The lowest BCUT2D eigenvalue weighted by Gasteiger charge is -2.33. The van der Waals surface area contributed by atoms with Gasteiger partial charge in [0.05, 0.1) is 11.4 Å². The zero-order chi connectivity index (χ0) is 19.9. The average molecular weight is 376 g/mol. The third-order valence-electron chi connectivity index (χ3n) is 6.55. The summed E-state index contributed by atoms with van der Waals surface area (Å²) in [5, 5.41) is 5.00. The van der Waals surface area contributed by atoms with Crippen LogP contribution in [-0.2, 0) is 5.41 Å². The molecule has 1 saturated carbocycles. The number of rotatable bonds is 3. The number of hydrogen-bond acceptors (Lipinski definition) is 2. The molecule has 1 heterocycles. The van der Waals surface area contributed by atoms with Crippen LogP contribution >= 0.6 is 0 Å². The van der Waals surface area contributed by atoms with Gasteiger partial charge in [0.2, 0.25) is 0 Å². The predicted molar refractivity (Wildman–Crippen MR) is 121 cm³/mol. The third-order valence-corrected chi connectivity index (χ3v) is 6.55. The van der Waals surface area contributed by atoms with E-state index in [-0.39, 0.29) is 5.41 Å². The fourth-order valence-electron chi connectivity index (χ4n) is 5.14. The first-order valence-electron chi connectivity index (χ1n) is 10.7. The summed E-state index contributed by atoms with van der Waals surface area (Å²) in [5.74, 6) is 0. The van der Waals surface area contributed by atoms with Gasteiger partial charge in [-0.25, -0.2) is 0 Å². The summed E-state index contributed by atoms with van der Waals surface area (Å²) in [4.78, 5) is 8.29. The molecule has 2 aliphatic rings. The van der Waals surface area contributed by atoms with Crippen molar-refractivity contribution in [1.82, 2.24) is 10.3 Å². The molecule has 148 valence electrons. The second-order valence-electron chi connectivity index (χ2n) is 9.04. The maximum absolute atomic E-state index is 4.62. The number of fused-ring (bicyclic) bond motifs is 3. The van der Waals surface area contributed by atoms with Crippen LogP contribution in [0.4, 0.5) is 0 Å². The van der Waals surface area contributed by atoms with Gasteiger partial charge in [-0.05, 0) is 60.4 Å². The van der Waals surface area contributed by atoms with Crippen molar-refractivity contribution in [3.05, 3.63) is 53.2 Å². The van der Waals surface area contributed by atoms with Crippen LogP contribution in [0.15, 0.2) is 41.4 Å². The quantitative estimate of drug-likeness (QED) is 0.668. The van der Waals surface area contributed by atoms with E-state index in [1.165, 1.54) is 65.4 Å². The zero-order valence-corrected chi connectivity index (χ0v) is 17.8. The number of hydrogen-bond donors (Lipinski definition) is 2. The summed E-state index contributed by atoms with van der Waals surface area (Å²) in [6, 6.07) is 7.28. The summed E-state index contributed by atoms with van der Waals surface area (Å²) in [5.41, 5.74) is 8.51. The van der Waals surface area contributed by atoms with E-state index in [4.69, 9.17) is 0 Å².